The molecule has 0 atom stereocenters. The molecule has 0 radical (unpaired) electrons. The second-order valence-corrected chi connectivity index (χ2v) is 6.77. The molecular formula is C20H26N4O2S2. The Balaban J connectivity index is 1.70. The zero-order valence-corrected chi connectivity index (χ0v) is 17.9. The summed E-state index contributed by atoms with van der Waals surface area (Å²) in [5.41, 5.74) is 9.07. The van der Waals surface area contributed by atoms with E-state index in [9.17, 15) is 0 Å². The summed E-state index contributed by atoms with van der Waals surface area (Å²) < 4.78 is 10.6. The number of anilines is 1. The van der Waals surface area contributed by atoms with Crippen molar-refractivity contribution in [2.24, 2.45) is 0 Å². The van der Waals surface area contributed by atoms with Crippen molar-refractivity contribution < 1.29 is 9.47 Å². The van der Waals surface area contributed by atoms with Gasteiger partial charge in [-0.15, -0.1) is 0 Å². The predicted molar refractivity (Wildman–Crippen MR) is 122 cm³/mol. The van der Waals surface area contributed by atoms with Gasteiger partial charge in [0.15, 0.2) is 21.7 Å². The Morgan fingerprint density at radius 3 is 2.14 bits per heavy atom. The number of thiocarbonyl (C=S) groups is 2. The van der Waals surface area contributed by atoms with Crippen LogP contribution in [0.3, 0.4) is 0 Å². The Kier molecular flexibility index (Phi) is 8.77. The van der Waals surface area contributed by atoms with E-state index < -0.39 is 0 Å². The first kappa shape index (κ1) is 21.7. The van der Waals surface area contributed by atoms with E-state index in [1.807, 2.05) is 30.3 Å². The second-order valence-electron chi connectivity index (χ2n) is 5.95. The number of nitrogens with one attached hydrogen (secondary N) is 4. The third-order valence-electron chi connectivity index (χ3n) is 4.06. The van der Waals surface area contributed by atoms with E-state index in [-0.39, 0.29) is 0 Å². The average molecular weight is 419 g/mol. The summed E-state index contributed by atoms with van der Waals surface area (Å²) in [7, 11) is 3.25. The smallest absolute Gasteiger partial charge is 0.189 e. The molecule has 0 bridgehead atoms. The van der Waals surface area contributed by atoms with Crippen LogP contribution in [-0.2, 0) is 12.8 Å². The number of aryl methyl sites for hydroxylation is 1. The van der Waals surface area contributed by atoms with E-state index in [1.54, 1.807) is 14.2 Å². The predicted octanol–water partition coefficient (Wildman–Crippen LogP) is 3.17. The molecule has 0 fully saturated rings. The molecular weight excluding hydrogens is 392 g/mol. The molecule has 150 valence electrons. The fraction of sp³-hybridized carbons (Fsp3) is 0.300. The van der Waals surface area contributed by atoms with Crippen LogP contribution in [-0.4, -0.2) is 31.0 Å². The first-order chi connectivity index (χ1) is 13.5. The Bertz CT molecular complexity index is 797. The minimum atomic E-state index is 0.438. The Hall–Kier alpha value is -2.58. The Labute approximate surface area is 177 Å². The minimum Gasteiger partial charge on any atom is -0.493 e. The van der Waals surface area contributed by atoms with Crippen molar-refractivity contribution in [3.8, 4) is 11.5 Å². The summed E-state index contributed by atoms with van der Waals surface area (Å²) in [5, 5.41) is 7.13. The number of benzene rings is 2. The summed E-state index contributed by atoms with van der Waals surface area (Å²) >= 11 is 10.5. The van der Waals surface area contributed by atoms with E-state index in [0.29, 0.717) is 28.3 Å². The van der Waals surface area contributed by atoms with E-state index in [0.717, 1.165) is 24.1 Å². The zero-order chi connectivity index (χ0) is 20.4. The highest BCUT2D eigenvalue weighted by molar-refractivity contribution is 7.80. The van der Waals surface area contributed by atoms with Gasteiger partial charge in [0.2, 0.25) is 0 Å². The maximum Gasteiger partial charge on any atom is 0.189 e. The summed E-state index contributed by atoms with van der Waals surface area (Å²) in [6.07, 6.45) is 1.79. The lowest BCUT2D eigenvalue weighted by molar-refractivity contribution is 0.354. The van der Waals surface area contributed by atoms with Gasteiger partial charge in [0, 0.05) is 12.2 Å². The highest BCUT2D eigenvalue weighted by Gasteiger charge is 2.05. The molecule has 0 saturated heterocycles. The fourth-order valence-corrected chi connectivity index (χ4v) is 2.82. The third kappa shape index (κ3) is 6.86. The van der Waals surface area contributed by atoms with Crippen molar-refractivity contribution in [2.75, 3.05) is 26.1 Å². The fourth-order valence-electron chi connectivity index (χ4n) is 2.50. The first-order valence-corrected chi connectivity index (χ1v) is 9.78. The number of hydrazine groups is 1. The van der Waals surface area contributed by atoms with Gasteiger partial charge < -0.3 is 20.1 Å². The third-order valence-corrected chi connectivity index (χ3v) is 4.51. The number of hydrogen-bond donors (Lipinski definition) is 4. The van der Waals surface area contributed by atoms with E-state index >= 15 is 0 Å². The molecule has 0 heterocycles. The van der Waals surface area contributed by atoms with Gasteiger partial charge in [-0.05, 0) is 72.7 Å². The van der Waals surface area contributed by atoms with Crippen LogP contribution >= 0.6 is 24.4 Å². The van der Waals surface area contributed by atoms with Gasteiger partial charge in [0.25, 0.3) is 0 Å². The monoisotopic (exact) mass is 418 g/mol. The molecule has 2 rings (SSSR count). The van der Waals surface area contributed by atoms with Gasteiger partial charge in [-0.1, -0.05) is 25.1 Å². The van der Waals surface area contributed by atoms with E-state index in [2.05, 4.69) is 40.5 Å². The van der Waals surface area contributed by atoms with Crippen molar-refractivity contribution in [3.63, 3.8) is 0 Å². The molecule has 4 N–H and O–H groups in total. The van der Waals surface area contributed by atoms with Gasteiger partial charge in [0.05, 0.1) is 14.2 Å². The molecule has 6 nitrogen and oxygen atoms in total. The van der Waals surface area contributed by atoms with Crippen molar-refractivity contribution in [3.05, 3.63) is 53.6 Å². The Morgan fingerprint density at radius 2 is 1.50 bits per heavy atom. The Morgan fingerprint density at radius 1 is 0.857 bits per heavy atom. The van der Waals surface area contributed by atoms with Crippen LogP contribution in [0.1, 0.15) is 18.1 Å². The SMILES string of the molecule is CCc1ccc(NC(=S)NNC(=S)NCCc2ccc(OC)c(OC)c2)cc1. The van der Waals surface area contributed by atoms with E-state index in [1.165, 1.54) is 5.56 Å². The summed E-state index contributed by atoms with van der Waals surface area (Å²) in [5.74, 6) is 1.43. The van der Waals surface area contributed by atoms with Gasteiger partial charge in [-0.25, -0.2) is 0 Å². The van der Waals surface area contributed by atoms with Crippen LogP contribution in [0.5, 0.6) is 11.5 Å². The van der Waals surface area contributed by atoms with Crippen LogP contribution < -0.4 is 31.0 Å². The molecule has 0 aliphatic heterocycles. The molecule has 0 aliphatic carbocycles. The molecule has 0 unspecified atom stereocenters. The highest BCUT2D eigenvalue weighted by Crippen LogP contribution is 2.27. The molecule has 0 amide bonds. The molecule has 28 heavy (non-hydrogen) atoms. The van der Waals surface area contributed by atoms with Gasteiger partial charge >= 0.3 is 0 Å². The maximum atomic E-state index is 5.32. The van der Waals surface area contributed by atoms with E-state index in [4.69, 9.17) is 33.9 Å². The standard InChI is InChI=1S/C20H26N4O2S2/c1-4-14-5-8-16(9-6-14)22-20(28)24-23-19(27)21-12-11-15-7-10-17(25-2)18(13-15)26-3/h5-10,13H,4,11-12H2,1-3H3,(H2,21,23,27)(H2,22,24,28). The largest absolute Gasteiger partial charge is 0.493 e. The van der Waals surface area contributed by atoms with Crippen LogP contribution in [0, 0.1) is 0 Å². The number of ether oxygens (including phenoxy) is 2. The van der Waals surface area contributed by atoms with Crippen molar-refractivity contribution in [1.82, 2.24) is 16.2 Å². The maximum absolute atomic E-state index is 5.32. The number of hydrogen-bond acceptors (Lipinski definition) is 4. The molecule has 0 aromatic heterocycles. The number of rotatable bonds is 7. The van der Waals surface area contributed by atoms with Gasteiger partial charge in [-0.3, -0.25) is 10.9 Å². The molecule has 0 saturated carbocycles. The van der Waals surface area contributed by atoms with Crippen molar-refractivity contribution >= 4 is 40.3 Å². The summed E-state index contributed by atoms with van der Waals surface area (Å²) in [6.45, 7) is 2.79. The van der Waals surface area contributed by atoms with Crippen LogP contribution in [0.25, 0.3) is 0 Å². The normalized spacial score (nSPS) is 9.96. The quantitative estimate of drug-likeness (QED) is 0.404. The molecule has 0 spiro atoms. The molecule has 2 aromatic rings. The lowest BCUT2D eigenvalue weighted by Crippen LogP contribution is -2.48. The summed E-state index contributed by atoms with van der Waals surface area (Å²) in [4.78, 5) is 0. The first-order valence-electron chi connectivity index (χ1n) is 8.96. The minimum absolute atomic E-state index is 0.438. The van der Waals surface area contributed by atoms with Crippen molar-refractivity contribution in [1.29, 1.82) is 0 Å². The molecule has 8 heteroatoms. The van der Waals surface area contributed by atoms with Crippen LogP contribution in [0.15, 0.2) is 42.5 Å². The van der Waals surface area contributed by atoms with Gasteiger partial charge in [0.1, 0.15) is 0 Å². The molecule has 2 aromatic carbocycles. The highest BCUT2D eigenvalue weighted by atomic mass is 32.1. The topological polar surface area (TPSA) is 66.6 Å². The number of methoxy groups -OCH3 is 2. The zero-order valence-electron chi connectivity index (χ0n) is 16.3. The second kappa shape index (κ2) is 11.3. The van der Waals surface area contributed by atoms with Crippen LogP contribution in [0.2, 0.25) is 0 Å². The van der Waals surface area contributed by atoms with Crippen LogP contribution in [0.4, 0.5) is 5.69 Å². The lowest BCUT2D eigenvalue weighted by Gasteiger charge is -2.15. The average Bonchev–Trinajstić information content (AvgIpc) is 2.72. The van der Waals surface area contributed by atoms with Gasteiger partial charge in [-0.2, -0.15) is 0 Å². The van der Waals surface area contributed by atoms with Crippen molar-refractivity contribution in [2.45, 2.75) is 19.8 Å². The molecule has 0 aliphatic rings. The summed E-state index contributed by atoms with van der Waals surface area (Å²) in [6, 6.07) is 14.0. The lowest BCUT2D eigenvalue weighted by atomic mass is 10.1.